The molecule has 0 radical (unpaired) electrons. The highest BCUT2D eigenvalue weighted by Crippen LogP contribution is 2.26. The predicted octanol–water partition coefficient (Wildman–Crippen LogP) is 3.65. The Balaban J connectivity index is 1.57. The molecule has 4 heterocycles. The summed E-state index contributed by atoms with van der Waals surface area (Å²) in [6.45, 7) is 0.742. The second-order valence-electron chi connectivity index (χ2n) is 4.80. The first kappa shape index (κ1) is 13.4. The zero-order valence-corrected chi connectivity index (χ0v) is 13.2. The molecule has 4 aromatic heterocycles. The summed E-state index contributed by atoms with van der Waals surface area (Å²) in [5.74, 6) is 0. The summed E-state index contributed by atoms with van der Waals surface area (Å²) in [6, 6.07) is 6.23. The number of nitrogens with zero attached hydrogens (tertiary/aromatic N) is 4. The van der Waals surface area contributed by atoms with E-state index in [0.717, 1.165) is 21.9 Å². The van der Waals surface area contributed by atoms with Gasteiger partial charge in [0, 0.05) is 25.1 Å². The lowest BCUT2D eigenvalue weighted by Crippen LogP contribution is -2.20. The third kappa shape index (κ3) is 2.60. The smallest absolute Gasteiger partial charge is 0.183 e. The standard InChI is InChI=1S/C15H13N5S2/c1-4-18-20(6-1)13(11-3-7-21-10-11)9-17-15-19-12-8-16-5-2-14(12)22-15/h1-8,10,13H,9H2,(H,17,19). The Morgan fingerprint density at radius 2 is 2.27 bits per heavy atom. The number of aromatic nitrogens is 4. The van der Waals surface area contributed by atoms with Gasteiger partial charge >= 0.3 is 0 Å². The number of rotatable bonds is 5. The highest BCUT2D eigenvalue weighted by molar-refractivity contribution is 7.22. The van der Waals surface area contributed by atoms with Crippen LogP contribution in [0.5, 0.6) is 0 Å². The quantitative estimate of drug-likeness (QED) is 0.608. The summed E-state index contributed by atoms with van der Waals surface area (Å²) in [7, 11) is 0. The summed E-state index contributed by atoms with van der Waals surface area (Å²) >= 11 is 3.34. The molecule has 22 heavy (non-hydrogen) atoms. The van der Waals surface area contributed by atoms with Gasteiger partial charge in [-0.05, 0) is 34.5 Å². The zero-order valence-electron chi connectivity index (χ0n) is 11.6. The van der Waals surface area contributed by atoms with E-state index in [4.69, 9.17) is 0 Å². The van der Waals surface area contributed by atoms with Gasteiger partial charge < -0.3 is 5.32 Å². The second kappa shape index (κ2) is 5.86. The Kier molecular flexibility index (Phi) is 3.57. The molecule has 4 aromatic rings. The maximum atomic E-state index is 4.57. The molecule has 0 spiro atoms. The number of pyridine rings is 1. The molecular weight excluding hydrogens is 314 g/mol. The van der Waals surface area contributed by atoms with E-state index in [1.807, 2.05) is 29.2 Å². The van der Waals surface area contributed by atoms with Gasteiger partial charge in [-0.25, -0.2) is 4.98 Å². The number of nitrogens with one attached hydrogen (secondary N) is 1. The molecular formula is C15H13N5S2. The van der Waals surface area contributed by atoms with Gasteiger partial charge in [-0.15, -0.1) is 0 Å². The van der Waals surface area contributed by atoms with Crippen LogP contribution in [0.3, 0.4) is 0 Å². The number of hydrogen-bond acceptors (Lipinski definition) is 6. The van der Waals surface area contributed by atoms with Crippen molar-refractivity contribution in [2.75, 3.05) is 11.9 Å². The van der Waals surface area contributed by atoms with Gasteiger partial charge in [-0.1, -0.05) is 11.3 Å². The van der Waals surface area contributed by atoms with Gasteiger partial charge in [0.25, 0.3) is 0 Å². The highest BCUT2D eigenvalue weighted by atomic mass is 32.1. The summed E-state index contributed by atoms with van der Waals surface area (Å²) in [5, 5.41) is 13.0. The molecule has 0 bridgehead atoms. The van der Waals surface area contributed by atoms with Crippen molar-refractivity contribution in [2.45, 2.75) is 6.04 Å². The highest BCUT2D eigenvalue weighted by Gasteiger charge is 2.15. The lowest BCUT2D eigenvalue weighted by atomic mass is 10.1. The fourth-order valence-corrected chi connectivity index (χ4v) is 3.88. The molecule has 110 valence electrons. The summed E-state index contributed by atoms with van der Waals surface area (Å²) < 4.78 is 3.12. The van der Waals surface area contributed by atoms with Gasteiger partial charge in [0.2, 0.25) is 0 Å². The van der Waals surface area contributed by atoms with Gasteiger partial charge in [-0.2, -0.15) is 16.4 Å². The summed E-state index contributed by atoms with van der Waals surface area (Å²) in [4.78, 5) is 8.67. The molecule has 1 unspecified atom stereocenters. The van der Waals surface area contributed by atoms with Crippen molar-refractivity contribution in [3.8, 4) is 0 Å². The number of fused-ring (bicyclic) bond motifs is 1. The lowest BCUT2D eigenvalue weighted by Gasteiger charge is -2.17. The van der Waals surface area contributed by atoms with Crippen LogP contribution in [-0.2, 0) is 0 Å². The van der Waals surface area contributed by atoms with E-state index in [2.05, 4.69) is 37.2 Å². The molecule has 0 aliphatic heterocycles. The minimum Gasteiger partial charge on any atom is -0.359 e. The second-order valence-corrected chi connectivity index (χ2v) is 6.61. The van der Waals surface area contributed by atoms with Crippen molar-refractivity contribution >= 4 is 38.0 Å². The van der Waals surface area contributed by atoms with Crippen molar-refractivity contribution in [2.24, 2.45) is 0 Å². The van der Waals surface area contributed by atoms with Gasteiger partial charge in [0.1, 0.15) is 5.52 Å². The monoisotopic (exact) mass is 327 g/mol. The van der Waals surface area contributed by atoms with Crippen molar-refractivity contribution in [1.82, 2.24) is 19.7 Å². The fraction of sp³-hybridized carbons (Fsp3) is 0.133. The summed E-state index contributed by atoms with van der Waals surface area (Å²) in [6.07, 6.45) is 7.39. The van der Waals surface area contributed by atoms with Crippen LogP contribution in [0.1, 0.15) is 11.6 Å². The molecule has 0 fully saturated rings. The van der Waals surface area contributed by atoms with Crippen LogP contribution in [-0.4, -0.2) is 26.3 Å². The van der Waals surface area contributed by atoms with Gasteiger partial charge in [-0.3, -0.25) is 9.67 Å². The lowest BCUT2D eigenvalue weighted by molar-refractivity contribution is 0.545. The van der Waals surface area contributed by atoms with Crippen LogP contribution in [0, 0.1) is 0 Å². The summed E-state index contributed by atoms with van der Waals surface area (Å²) in [5.41, 5.74) is 2.19. The van der Waals surface area contributed by atoms with E-state index < -0.39 is 0 Å². The van der Waals surface area contributed by atoms with Gasteiger partial charge in [0.05, 0.1) is 16.9 Å². The Bertz CT molecular complexity index is 784. The first-order valence-corrected chi connectivity index (χ1v) is 8.62. The SMILES string of the molecule is c1cnn(C(CNc2nc3cnccc3s2)c2ccsc2)c1. The van der Waals surface area contributed by atoms with E-state index in [1.165, 1.54) is 5.56 Å². The van der Waals surface area contributed by atoms with Crippen LogP contribution in [0.2, 0.25) is 0 Å². The maximum Gasteiger partial charge on any atom is 0.183 e. The molecule has 0 aliphatic rings. The Morgan fingerprint density at radius 3 is 3.05 bits per heavy atom. The van der Waals surface area contributed by atoms with E-state index in [1.54, 1.807) is 35.1 Å². The number of thiazole rings is 1. The average molecular weight is 327 g/mol. The van der Waals surface area contributed by atoms with Crippen LogP contribution < -0.4 is 5.32 Å². The van der Waals surface area contributed by atoms with Crippen molar-refractivity contribution in [3.05, 3.63) is 59.3 Å². The van der Waals surface area contributed by atoms with Crippen molar-refractivity contribution < 1.29 is 0 Å². The Morgan fingerprint density at radius 1 is 1.27 bits per heavy atom. The first-order valence-electron chi connectivity index (χ1n) is 6.86. The molecule has 0 saturated carbocycles. The average Bonchev–Trinajstić information content (AvgIpc) is 3.29. The van der Waals surface area contributed by atoms with Crippen molar-refractivity contribution in [1.29, 1.82) is 0 Å². The third-order valence-corrected chi connectivity index (χ3v) is 5.10. The largest absolute Gasteiger partial charge is 0.359 e. The van der Waals surface area contributed by atoms with Crippen LogP contribution in [0.25, 0.3) is 10.2 Å². The van der Waals surface area contributed by atoms with E-state index >= 15 is 0 Å². The molecule has 5 nitrogen and oxygen atoms in total. The van der Waals surface area contributed by atoms with Crippen LogP contribution in [0.15, 0.2) is 53.7 Å². The third-order valence-electron chi connectivity index (χ3n) is 3.41. The molecule has 1 N–H and O–H groups in total. The van der Waals surface area contributed by atoms with E-state index in [9.17, 15) is 0 Å². The van der Waals surface area contributed by atoms with Crippen molar-refractivity contribution in [3.63, 3.8) is 0 Å². The zero-order chi connectivity index (χ0) is 14.8. The molecule has 0 aromatic carbocycles. The molecule has 1 atom stereocenters. The molecule has 0 aliphatic carbocycles. The Hall–Kier alpha value is -2.25. The van der Waals surface area contributed by atoms with Crippen LogP contribution >= 0.6 is 22.7 Å². The molecule has 0 amide bonds. The number of thiophene rings is 1. The van der Waals surface area contributed by atoms with Gasteiger partial charge in [0.15, 0.2) is 5.13 Å². The molecule has 0 saturated heterocycles. The first-order chi connectivity index (χ1) is 10.9. The topological polar surface area (TPSA) is 55.6 Å². The Labute approximate surface area is 135 Å². The number of hydrogen-bond donors (Lipinski definition) is 1. The molecule has 4 rings (SSSR count). The predicted molar refractivity (Wildman–Crippen MR) is 90.6 cm³/mol. The van der Waals surface area contributed by atoms with E-state index in [0.29, 0.717) is 0 Å². The number of anilines is 1. The fourth-order valence-electron chi connectivity index (χ4n) is 2.33. The van der Waals surface area contributed by atoms with Crippen LogP contribution in [0.4, 0.5) is 5.13 Å². The minimum absolute atomic E-state index is 0.159. The minimum atomic E-state index is 0.159. The molecule has 7 heteroatoms. The maximum absolute atomic E-state index is 4.57. The van der Waals surface area contributed by atoms with E-state index in [-0.39, 0.29) is 6.04 Å². The normalized spacial score (nSPS) is 12.5.